The smallest absolute Gasteiger partial charge is 0.349 e. The number of aromatic amines is 1. The third kappa shape index (κ3) is 2.25. The number of benzene rings is 1. The van der Waals surface area contributed by atoms with E-state index < -0.39 is 11.2 Å². The normalized spacial score (nSPS) is 10.4. The van der Waals surface area contributed by atoms with Crippen molar-refractivity contribution in [3.05, 3.63) is 49.2 Å². The van der Waals surface area contributed by atoms with Crippen molar-refractivity contribution in [1.29, 1.82) is 0 Å². The summed E-state index contributed by atoms with van der Waals surface area (Å²) in [5, 5.41) is 4.16. The van der Waals surface area contributed by atoms with Gasteiger partial charge in [-0.2, -0.15) is 9.78 Å². The summed E-state index contributed by atoms with van der Waals surface area (Å²) >= 11 is 11.9. The molecule has 18 heavy (non-hydrogen) atoms. The van der Waals surface area contributed by atoms with Gasteiger partial charge < -0.3 is 4.74 Å². The number of halogens is 2. The number of rotatable bonds is 2. The molecule has 2 rings (SSSR count). The van der Waals surface area contributed by atoms with E-state index in [9.17, 15) is 9.59 Å². The van der Waals surface area contributed by atoms with E-state index in [0.29, 0.717) is 11.4 Å². The molecule has 1 N–H and O–H groups in total. The van der Waals surface area contributed by atoms with Gasteiger partial charge in [0.2, 0.25) is 0 Å². The fourth-order valence-corrected chi connectivity index (χ4v) is 2.03. The first-order valence-electron chi connectivity index (χ1n) is 4.75. The summed E-state index contributed by atoms with van der Waals surface area (Å²) in [7, 11) is 1.43. The Morgan fingerprint density at radius 1 is 1.28 bits per heavy atom. The Bertz CT molecular complexity index is 685. The van der Waals surface area contributed by atoms with Crippen LogP contribution in [0.15, 0.2) is 27.9 Å². The predicted octanol–water partition coefficient (Wildman–Crippen LogP) is 1.24. The Hall–Kier alpha value is -1.79. The molecule has 0 fully saturated rings. The van der Waals surface area contributed by atoms with Crippen molar-refractivity contribution >= 4 is 23.2 Å². The zero-order valence-corrected chi connectivity index (χ0v) is 10.6. The number of nitrogens with zero attached hydrogens (tertiary/aromatic N) is 2. The van der Waals surface area contributed by atoms with Gasteiger partial charge in [0.1, 0.15) is 6.20 Å². The van der Waals surface area contributed by atoms with Crippen molar-refractivity contribution in [2.75, 3.05) is 7.11 Å². The average Bonchev–Trinajstić information content (AvgIpc) is 2.28. The van der Waals surface area contributed by atoms with E-state index in [1.54, 1.807) is 0 Å². The first-order chi connectivity index (χ1) is 8.52. The van der Waals surface area contributed by atoms with Gasteiger partial charge in [0.25, 0.3) is 5.56 Å². The van der Waals surface area contributed by atoms with Crippen molar-refractivity contribution in [2.24, 2.45) is 0 Å². The summed E-state index contributed by atoms with van der Waals surface area (Å²) < 4.78 is 5.96. The zero-order chi connectivity index (χ0) is 13.3. The van der Waals surface area contributed by atoms with E-state index in [1.165, 1.54) is 19.2 Å². The van der Waals surface area contributed by atoms with Crippen LogP contribution >= 0.6 is 23.2 Å². The van der Waals surface area contributed by atoms with Crippen LogP contribution in [-0.4, -0.2) is 21.9 Å². The number of hydrogen-bond donors (Lipinski definition) is 1. The minimum atomic E-state index is -0.681. The first-order valence-corrected chi connectivity index (χ1v) is 5.50. The van der Waals surface area contributed by atoms with Crippen molar-refractivity contribution in [3.8, 4) is 11.4 Å². The number of aromatic nitrogens is 3. The highest BCUT2D eigenvalue weighted by Gasteiger charge is 2.11. The molecule has 0 aliphatic carbocycles. The van der Waals surface area contributed by atoms with Crippen LogP contribution in [-0.2, 0) is 0 Å². The predicted molar refractivity (Wildman–Crippen MR) is 67.0 cm³/mol. The van der Waals surface area contributed by atoms with Gasteiger partial charge in [-0.3, -0.25) is 9.78 Å². The summed E-state index contributed by atoms with van der Waals surface area (Å²) in [6.07, 6.45) is 0.980. The van der Waals surface area contributed by atoms with Crippen LogP contribution in [0.1, 0.15) is 0 Å². The number of H-pyrrole nitrogens is 1. The summed E-state index contributed by atoms with van der Waals surface area (Å²) in [4.78, 5) is 24.5. The molecule has 0 unspecified atom stereocenters. The van der Waals surface area contributed by atoms with Crippen LogP contribution in [0.5, 0.6) is 5.75 Å². The van der Waals surface area contributed by atoms with E-state index in [1.807, 2.05) is 0 Å². The molecule has 1 aromatic heterocycles. The lowest BCUT2D eigenvalue weighted by atomic mass is 10.3. The maximum atomic E-state index is 11.5. The SMILES string of the molecule is COc1c(Cl)cc(-n2ncc(=O)[nH]c2=O)cc1Cl. The maximum absolute atomic E-state index is 11.5. The fourth-order valence-electron chi connectivity index (χ4n) is 1.40. The maximum Gasteiger partial charge on any atom is 0.349 e. The molecule has 0 amide bonds. The Kier molecular flexibility index (Phi) is 3.40. The van der Waals surface area contributed by atoms with Gasteiger partial charge in [0.15, 0.2) is 5.75 Å². The highest BCUT2D eigenvalue weighted by Crippen LogP contribution is 2.34. The monoisotopic (exact) mass is 287 g/mol. The molecule has 0 spiro atoms. The minimum absolute atomic E-state index is 0.236. The second-order valence-corrected chi connectivity index (χ2v) is 4.11. The van der Waals surface area contributed by atoms with Crippen molar-refractivity contribution in [2.45, 2.75) is 0 Å². The van der Waals surface area contributed by atoms with Gasteiger partial charge in [0.05, 0.1) is 22.8 Å². The quantitative estimate of drug-likeness (QED) is 0.901. The lowest BCUT2D eigenvalue weighted by Gasteiger charge is -2.09. The Morgan fingerprint density at radius 3 is 2.39 bits per heavy atom. The van der Waals surface area contributed by atoms with Gasteiger partial charge >= 0.3 is 5.69 Å². The van der Waals surface area contributed by atoms with Crippen LogP contribution in [0.4, 0.5) is 0 Å². The van der Waals surface area contributed by atoms with Gasteiger partial charge in [-0.05, 0) is 12.1 Å². The van der Waals surface area contributed by atoms with Crippen LogP contribution in [0.25, 0.3) is 5.69 Å². The van der Waals surface area contributed by atoms with Gasteiger partial charge in [-0.25, -0.2) is 4.79 Å². The van der Waals surface area contributed by atoms with Crippen LogP contribution in [0, 0.1) is 0 Å². The molecule has 6 nitrogen and oxygen atoms in total. The summed E-state index contributed by atoms with van der Waals surface area (Å²) in [5.41, 5.74) is -0.936. The summed E-state index contributed by atoms with van der Waals surface area (Å²) in [6.45, 7) is 0. The van der Waals surface area contributed by atoms with E-state index in [2.05, 4.69) is 10.1 Å². The zero-order valence-electron chi connectivity index (χ0n) is 9.11. The third-order valence-electron chi connectivity index (χ3n) is 2.14. The minimum Gasteiger partial charge on any atom is -0.494 e. The van der Waals surface area contributed by atoms with Crippen molar-refractivity contribution < 1.29 is 4.74 Å². The molecule has 0 bridgehead atoms. The molecule has 2 aromatic rings. The lowest BCUT2D eigenvalue weighted by Crippen LogP contribution is -2.30. The molecule has 8 heteroatoms. The van der Waals surface area contributed by atoms with Crippen LogP contribution < -0.4 is 16.0 Å². The van der Waals surface area contributed by atoms with Crippen molar-refractivity contribution in [1.82, 2.24) is 14.8 Å². The van der Waals surface area contributed by atoms with Gasteiger partial charge in [0, 0.05) is 0 Å². The number of ether oxygens (including phenoxy) is 1. The Labute approximate surface area is 111 Å². The first kappa shape index (κ1) is 12.7. The Balaban J connectivity index is 2.65. The molecule has 0 atom stereocenters. The number of nitrogens with one attached hydrogen (secondary N) is 1. The molecule has 94 valence electrons. The van der Waals surface area contributed by atoms with E-state index in [0.717, 1.165) is 10.9 Å². The highest BCUT2D eigenvalue weighted by atomic mass is 35.5. The van der Waals surface area contributed by atoms with Crippen LogP contribution in [0.2, 0.25) is 10.0 Å². The molecule has 0 saturated heterocycles. The fraction of sp³-hybridized carbons (Fsp3) is 0.100. The second-order valence-electron chi connectivity index (χ2n) is 3.29. The molecule has 0 aliphatic rings. The largest absolute Gasteiger partial charge is 0.494 e. The van der Waals surface area contributed by atoms with Gasteiger partial charge in [-0.15, -0.1) is 0 Å². The average molecular weight is 288 g/mol. The molecule has 0 radical (unpaired) electrons. The lowest BCUT2D eigenvalue weighted by molar-refractivity contribution is 0.415. The summed E-state index contributed by atoms with van der Waals surface area (Å²) in [6, 6.07) is 2.91. The highest BCUT2D eigenvalue weighted by molar-refractivity contribution is 6.37. The molecule has 0 aliphatic heterocycles. The number of methoxy groups -OCH3 is 1. The third-order valence-corrected chi connectivity index (χ3v) is 2.71. The van der Waals surface area contributed by atoms with Gasteiger partial charge in [-0.1, -0.05) is 23.2 Å². The van der Waals surface area contributed by atoms with E-state index in [4.69, 9.17) is 27.9 Å². The molecule has 1 aromatic carbocycles. The molecule has 1 heterocycles. The standard InChI is InChI=1S/C10H7Cl2N3O3/c1-18-9-6(11)2-5(3-7(9)12)15-10(17)14-8(16)4-13-15/h2-4H,1H3,(H,14,16,17). The molecular weight excluding hydrogens is 281 g/mol. The topological polar surface area (TPSA) is 77.0 Å². The van der Waals surface area contributed by atoms with E-state index in [-0.39, 0.29) is 10.0 Å². The summed E-state index contributed by atoms with van der Waals surface area (Å²) in [5.74, 6) is 0.305. The van der Waals surface area contributed by atoms with E-state index >= 15 is 0 Å². The Morgan fingerprint density at radius 2 is 1.89 bits per heavy atom. The number of hydrogen-bond acceptors (Lipinski definition) is 4. The molecule has 0 saturated carbocycles. The van der Waals surface area contributed by atoms with Crippen molar-refractivity contribution in [3.63, 3.8) is 0 Å². The second kappa shape index (κ2) is 4.83. The molecular formula is C10H7Cl2N3O3. The van der Waals surface area contributed by atoms with Crippen LogP contribution in [0.3, 0.4) is 0 Å².